The third kappa shape index (κ3) is 2.29. The van der Waals surface area contributed by atoms with Crippen molar-refractivity contribution < 1.29 is 9.53 Å². The number of aromatic nitrogens is 3. The number of nitriles is 1. The molecule has 0 spiro atoms. The maximum Gasteiger partial charge on any atom is 0.355 e. The van der Waals surface area contributed by atoms with E-state index in [0.717, 1.165) is 10.9 Å². The Hall–Kier alpha value is -3.20. The molecule has 0 unspecified atom stereocenters. The van der Waals surface area contributed by atoms with Gasteiger partial charge < -0.3 is 4.74 Å². The van der Waals surface area contributed by atoms with Crippen molar-refractivity contribution in [3.63, 3.8) is 0 Å². The molecule has 1 aromatic carbocycles. The van der Waals surface area contributed by atoms with Gasteiger partial charge >= 0.3 is 5.97 Å². The van der Waals surface area contributed by atoms with Crippen molar-refractivity contribution in [2.45, 2.75) is 6.92 Å². The van der Waals surface area contributed by atoms with Gasteiger partial charge in [-0.2, -0.15) is 5.26 Å². The second kappa shape index (κ2) is 5.66. The lowest BCUT2D eigenvalue weighted by Gasteiger charge is -2.07. The quantitative estimate of drug-likeness (QED) is 0.693. The lowest BCUT2D eigenvalue weighted by atomic mass is 10.2. The highest BCUT2D eigenvalue weighted by Crippen LogP contribution is 2.24. The molecule has 6 heteroatoms. The van der Waals surface area contributed by atoms with Gasteiger partial charge in [0.15, 0.2) is 0 Å². The highest BCUT2D eigenvalue weighted by Gasteiger charge is 2.19. The maximum absolute atomic E-state index is 12.2. The van der Waals surface area contributed by atoms with E-state index in [1.54, 1.807) is 54.2 Å². The fraction of sp³-hybridized carbons (Fsp3) is 0.125. The van der Waals surface area contributed by atoms with Gasteiger partial charge in [0.25, 0.3) is 0 Å². The van der Waals surface area contributed by atoms with Crippen molar-refractivity contribution in [1.82, 2.24) is 14.5 Å². The Balaban J connectivity index is 2.28. The molecule has 0 radical (unpaired) electrons. The van der Waals surface area contributed by atoms with Crippen LogP contribution in [0.2, 0.25) is 0 Å². The summed E-state index contributed by atoms with van der Waals surface area (Å²) in [6.07, 6.45) is 3.21. The van der Waals surface area contributed by atoms with Crippen LogP contribution in [-0.2, 0) is 4.74 Å². The molecule has 108 valence electrons. The van der Waals surface area contributed by atoms with Crippen molar-refractivity contribution in [2.24, 2.45) is 0 Å². The predicted molar refractivity (Wildman–Crippen MR) is 79.5 cm³/mol. The molecular formula is C16H12N4O2. The second-order valence-electron chi connectivity index (χ2n) is 4.52. The third-order valence-corrected chi connectivity index (χ3v) is 3.17. The van der Waals surface area contributed by atoms with Gasteiger partial charge in [-0.1, -0.05) is 0 Å². The Morgan fingerprint density at radius 3 is 2.77 bits per heavy atom. The summed E-state index contributed by atoms with van der Waals surface area (Å²) in [6, 6.07) is 10.7. The minimum atomic E-state index is -0.454. The molecule has 3 rings (SSSR count). The van der Waals surface area contributed by atoms with Crippen molar-refractivity contribution in [1.29, 1.82) is 5.26 Å². The predicted octanol–water partition coefficient (Wildman–Crippen LogP) is 2.47. The van der Waals surface area contributed by atoms with E-state index >= 15 is 0 Å². The minimum Gasteiger partial charge on any atom is -0.461 e. The third-order valence-electron chi connectivity index (χ3n) is 3.17. The molecule has 0 bridgehead atoms. The SMILES string of the molecule is CCOC(=O)c1cc2cc(C#N)ccc2n1-c1ncccn1. The standard InChI is InChI=1S/C16H12N4O2/c1-2-22-15(21)14-9-12-8-11(10-17)4-5-13(12)20(14)16-18-6-3-7-19-16/h3-9H,2H2,1H3. The van der Waals surface area contributed by atoms with Gasteiger partial charge in [-0.3, -0.25) is 4.57 Å². The Morgan fingerprint density at radius 2 is 2.09 bits per heavy atom. The Labute approximate surface area is 126 Å². The molecular weight excluding hydrogens is 280 g/mol. The number of rotatable bonds is 3. The minimum absolute atomic E-state index is 0.277. The summed E-state index contributed by atoms with van der Waals surface area (Å²) < 4.78 is 6.73. The normalized spacial score (nSPS) is 10.4. The zero-order valence-corrected chi connectivity index (χ0v) is 11.9. The number of carbonyl (C=O) groups excluding carboxylic acids is 1. The van der Waals surface area contributed by atoms with Gasteiger partial charge in [-0.25, -0.2) is 14.8 Å². The van der Waals surface area contributed by atoms with E-state index in [1.807, 2.05) is 0 Å². The average molecular weight is 292 g/mol. The van der Waals surface area contributed by atoms with Crippen molar-refractivity contribution in [3.05, 3.63) is 54.0 Å². The van der Waals surface area contributed by atoms with E-state index < -0.39 is 5.97 Å². The largest absolute Gasteiger partial charge is 0.461 e. The maximum atomic E-state index is 12.2. The second-order valence-corrected chi connectivity index (χ2v) is 4.52. The molecule has 0 amide bonds. The number of hydrogen-bond donors (Lipinski definition) is 0. The lowest BCUT2D eigenvalue weighted by molar-refractivity contribution is 0.0517. The number of carbonyl (C=O) groups is 1. The van der Waals surface area contributed by atoms with Gasteiger partial charge in [0, 0.05) is 17.8 Å². The molecule has 0 N–H and O–H groups in total. The van der Waals surface area contributed by atoms with E-state index in [9.17, 15) is 4.79 Å². The smallest absolute Gasteiger partial charge is 0.355 e. The summed E-state index contributed by atoms with van der Waals surface area (Å²) in [6.45, 7) is 2.02. The number of benzene rings is 1. The Kier molecular flexibility index (Phi) is 3.54. The van der Waals surface area contributed by atoms with Crippen LogP contribution >= 0.6 is 0 Å². The van der Waals surface area contributed by atoms with Crippen LogP contribution in [0.4, 0.5) is 0 Å². The molecule has 0 fully saturated rings. The Bertz CT molecular complexity index is 878. The van der Waals surface area contributed by atoms with Crippen molar-refractivity contribution >= 4 is 16.9 Å². The van der Waals surface area contributed by atoms with Crippen molar-refractivity contribution in [3.8, 4) is 12.0 Å². The molecule has 6 nitrogen and oxygen atoms in total. The van der Waals surface area contributed by atoms with Gasteiger partial charge in [-0.15, -0.1) is 0 Å². The van der Waals surface area contributed by atoms with Crippen LogP contribution in [0, 0.1) is 11.3 Å². The highest BCUT2D eigenvalue weighted by atomic mass is 16.5. The number of fused-ring (bicyclic) bond motifs is 1. The fourth-order valence-corrected chi connectivity index (χ4v) is 2.26. The summed E-state index contributed by atoms with van der Waals surface area (Å²) in [5, 5.41) is 9.77. The molecule has 0 aliphatic rings. The van der Waals surface area contributed by atoms with Crippen LogP contribution in [-0.4, -0.2) is 27.1 Å². The summed E-state index contributed by atoms with van der Waals surface area (Å²) in [7, 11) is 0. The van der Waals surface area contributed by atoms with Crippen LogP contribution in [0.1, 0.15) is 23.0 Å². The highest BCUT2D eigenvalue weighted by molar-refractivity contribution is 5.97. The monoisotopic (exact) mass is 292 g/mol. The summed E-state index contributed by atoms with van der Waals surface area (Å²) in [5.74, 6) is -0.0741. The zero-order valence-electron chi connectivity index (χ0n) is 11.9. The first kappa shape index (κ1) is 13.8. The van der Waals surface area contributed by atoms with Crippen LogP contribution in [0.5, 0.6) is 0 Å². The molecule has 0 aliphatic heterocycles. The van der Waals surface area contributed by atoms with Gasteiger partial charge in [0.1, 0.15) is 5.69 Å². The zero-order chi connectivity index (χ0) is 15.5. The van der Waals surface area contributed by atoms with E-state index in [2.05, 4.69) is 16.0 Å². The number of nitrogens with zero attached hydrogens (tertiary/aromatic N) is 4. The topological polar surface area (TPSA) is 80.8 Å². The molecule has 3 aromatic rings. The molecule has 0 saturated carbocycles. The summed E-state index contributed by atoms with van der Waals surface area (Å²) in [5.41, 5.74) is 1.60. The summed E-state index contributed by atoms with van der Waals surface area (Å²) >= 11 is 0. The summed E-state index contributed by atoms with van der Waals surface area (Å²) in [4.78, 5) is 20.6. The van der Waals surface area contributed by atoms with E-state index in [0.29, 0.717) is 17.2 Å². The molecule has 22 heavy (non-hydrogen) atoms. The van der Waals surface area contributed by atoms with Crippen LogP contribution in [0.3, 0.4) is 0 Å². The van der Waals surface area contributed by atoms with E-state index in [1.165, 1.54) is 0 Å². The van der Waals surface area contributed by atoms with Gasteiger partial charge in [0.2, 0.25) is 5.95 Å². The van der Waals surface area contributed by atoms with E-state index in [4.69, 9.17) is 10.00 Å². The van der Waals surface area contributed by atoms with Gasteiger partial charge in [0.05, 0.1) is 23.8 Å². The molecule has 0 aliphatic carbocycles. The first-order valence-corrected chi connectivity index (χ1v) is 6.74. The van der Waals surface area contributed by atoms with Crippen LogP contribution in [0.15, 0.2) is 42.7 Å². The first-order valence-electron chi connectivity index (χ1n) is 6.74. The fourth-order valence-electron chi connectivity index (χ4n) is 2.26. The number of ether oxygens (including phenoxy) is 1. The number of hydrogen-bond acceptors (Lipinski definition) is 5. The molecule has 2 aromatic heterocycles. The van der Waals surface area contributed by atoms with Gasteiger partial charge in [-0.05, 0) is 37.3 Å². The average Bonchev–Trinajstić information content (AvgIpc) is 2.94. The first-order chi connectivity index (χ1) is 10.7. The van der Waals surface area contributed by atoms with Crippen LogP contribution < -0.4 is 0 Å². The molecule has 2 heterocycles. The van der Waals surface area contributed by atoms with E-state index in [-0.39, 0.29) is 6.61 Å². The lowest BCUT2D eigenvalue weighted by Crippen LogP contribution is -2.12. The Morgan fingerprint density at radius 1 is 1.32 bits per heavy atom. The van der Waals surface area contributed by atoms with Crippen LogP contribution in [0.25, 0.3) is 16.9 Å². The number of esters is 1. The molecule has 0 saturated heterocycles. The van der Waals surface area contributed by atoms with Crippen molar-refractivity contribution in [2.75, 3.05) is 6.61 Å². The molecule has 0 atom stereocenters.